The smallest absolute Gasteiger partial charge is 0.0987 e. The van der Waals surface area contributed by atoms with E-state index in [2.05, 4.69) is 29.8 Å². The Bertz CT molecular complexity index is 296. The Labute approximate surface area is 108 Å². The second-order valence-electron chi connectivity index (χ2n) is 3.72. The highest BCUT2D eigenvalue weighted by molar-refractivity contribution is 9.09. The maximum atomic E-state index is 6.06. The van der Waals surface area contributed by atoms with Crippen LogP contribution in [0.25, 0.3) is 0 Å². The van der Waals surface area contributed by atoms with Crippen LogP contribution in [0.2, 0.25) is 8.67 Å². The lowest BCUT2D eigenvalue weighted by Crippen LogP contribution is -1.93. The van der Waals surface area contributed by atoms with Gasteiger partial charge in [-0.25, -0.2) is 0 Å². The van der Waals surface area contributed by atoms with Gasteiger partial charge in [-0.15, -0.1) is 11.3 Å². The van der Waals surface area contributed by atoms with Gasteiger partial charge in [-0.05, 0) is 30.4 Å². The van der Waals surface area contributed by atoms with E-state index in [-0.39, 0.29) is 0 Å². The number of halogens is 3. The molecule has 0 bridgehead atoms. The third kappa shape index (κ3) is 3.73. The molecule has 0 nitrogen and oxygen atoms in total. The number of thiophene rings is 1. The van der Waals surface area contributed by atoms with Crippen LogP contribution in [0.4, 0.5) is 0 Å². The largest absolute Gasteiger partial charge is 0.111 e. The monoisotopic (exact) mass is 314 g/mol. The van der Waals surface area contributed by atoms with Crippen molar-refractivity contribution in [2.75, 3.05) is 0 Å². The van der Waals surface area contributed by atoms with Gasteiger partial charge in [0, 0.05) is 4.83 Å². The van der Waals surface area contributed by atoms with Gasteiger partial charge >= 0.3 is 0 Å². The van der Waals surface area contributed by atoms with Gasteiger partial charge in [0.05, 0.1) is 8.67 Å². The fraction of sp³-hybridized carbons (Fsp3) is 0.600. The van der Waals surface area contributed by atoms with E-state index in [0.717, 1.165) is 26.6 Å². The maximum Gasteiger partial charge on any atom is 0.0987 e. The summed E-state index contributed by atoms with van der Waals surface area (Å²) < 4.78 is 1.57. The predicted octanol–water partition coefficient (Wildman–Crippen LogP) is 5.93. The highest BCUT2D eigenvalue weighted by Gasteiger charge is 2.14. The molecular weight excluding hydrogens is 303 g/mol. The summed E-state index contributed by atoms with van der Waals surface area (Å²) in [5.41, 5.74) is 1.13. The number of alkyl halides is 1. The van der Waals surface area contributed by atoms with E-state index in [1.54, 1.807) is 0 Å². The first kappa shape index (κ1) is 12.8. The molecule has 0 spiro atoms. The molecule has 0 aliphatic rings. The Kier molecular flexibility index (Phi) is 5.26. The van der Waals surface area contributed by atoms with Gasteiger partial charge in [0.15, 0.2) is 0 Å². The molecule has 14 heavy (non-hydrogen) atoms. The number of rotatable bonds is 4. The van der Waals surface area contributed by atoms with Crippen LogP contribution in [0.5, 0.6) is 0 Å². The van der Waals surface area contributed by atoms with Crippen molar-refractivity contribution in [2.45, 2.75) is 31.5 Å². The van der Waals surface area contributed by atoms with E-state index >= 15 is 0 Å². The summed E-state index contributed by atoms with van der Waals surface area (Å²) in [6, 6.07) is 1.95. The molecule has 0 amide bonds. The molecule has 0 fully saturated rings. The van der Waals surface area contributed by atoms with Gasteiger partial charge in [-0.2, -0.15) is 0 Å². The van der Waals surface area contributed by atoms with E-state index in [0.29, 0.717) is 4.83 Å². The van der Waals surface area contributed by atoms with Crippen molar-refractivity contribution in [1.82, 2.24) is 0 Å². The molecule has 0 radical (unpaired) electrons. The summed E-state index contributed by atoms with van der Waals surface area (Å²) in [6.07, 6.45) is 2.30. The fourth-order valence-corrected chi connectivity index (χ4v) is 3.69. The van der Waals surface area contributed by atoms with E-state index in [9.17, 15) is 0 Å². The van der Waals surface area contributed by atoms with Gasteiger partial charge in [0.25, 0.3) is 0 Å². The minimum atomic E-state index is 0.334. The van der Waals surface area contributed by atoms with Crippen LogP contribution in [0.3, 0.4) is 0 Å². The molecule has 0 aliphatic heterocycles. The van der Waals surface area contributed by atoms with E-state index in [1.807, 2.05) is 6.07 Å². The summed E-state index contributed by atoms with van der Waals surface area (Å²) in [4.78, 5) is 0.334. The van der Waals surface area contributed by atoms with Crippen LogP contribution < -0.4 is 0 Å². The second kappa shape index (κ2) is 5.74. The molecule has 1 atom stereocenters. The van der Waals surface area contributed by atoms with Gasteiger partial charge in [0.1, 0.15) is 0 Å². The molecule has 0 N–H and O–H groups in total. The van der Waals surface area contributed by atoms with E-state index < -0.39 is 0 Å². The molecule has 1 rings (SSSR count). The van der Waals surface area contributed by atoms with Crippen LogP contribution in [0.1, 0.15) is 37.1 Å². The normalized spacial score (nSPS) is 13.6. The number of hydrogen-bond donors (Lipinski definition) is 0. The van der Waals surface area contributed by atoms with Gasteiger partial charge in [-0.1, -0.05) is 53.0 Å². The SMILES string of the molecule is CC(C)CCC(Br)c1cc(Cl)sc1Cl. The zero-order valence-electron chi connectivity index (χ0n) is 8.19. The van der Waals surface area contributed by atoms with Crippen LogP contribution in [-0.4, -0.2) is 0 Å². The van der Waals surface area contributed by atoms with Crippen molar-refractivity contribution in [3.8, 4) is 0 Å². The zero-order valence-corrected chi connectivity index (χ0v) is 12.1. The first-order chi connectivity index (χ1) is 6.50. The fourth-order valence-electron chi connectivity index (χ4n) is 1.20. The van der Waals surface area contributed by atoms with E-state index in [1.165, 1.54) is 17.8 Å². The Morgan fingerprint density at radius 3 is 2.43 bits per heavy atom. The lowest BCUT2D eigenvalue weighted by molar-refractivity contribution is 0.554. The number of hydrogen-bond acceptors (Lipinski definition) is 1. The molecule has 4 heteroatoms. The first-order valence-electron chi connectivity index (χ1n) is 4.59. The molecular formula is C10H13BrCl2S. The highest BCUT2D eigenvalue weighted by atomic mass is 79.9. The van der Waals surface area contributed by atoms with Crippen molar-refractivity contribution in [2.24, 2.45) is 5.92 Å². The topological polar surface area (TPSA) is 0 Å². The zero-order chi connectivity index (χ0) is 10.7. The minimum Gasteiger partial charge on any atom is -0.111 e. The Morgan fingerprint density at radius 2 is 2.00 bits per heavy atom. The summed E-state index contributed by atoms with van der Waals surface area (Å²) in [5, 5.41) is 0. The first-order valence-corrected chi connectivity index (χ1v) is 7.08. The lowest BCUT2D eigenvalue weighted by Gasteiger charge is -2.10. The molecule has 1 aromatic heterocycles. The van der Waals surface area contributed by atoms with Crippen molar-refractivity contribution in [3.63, 3.8) is 0 Å². The molecule has 0 aliphatic carbocycles. The Balaban J connectivity index is 2.60. The molecule has 1 heterocycles. The molecule has 0 aromatic carbocycles. The Hall–Kier alpha value is 0.760. The summed E-state index contributed by atoms with van der Waals surface area (Å²) in [7, 11) is 0. The summed E-state index contributed by atoms with van der Waals surface area (Å²) in [5.74, 6) is 0.725. The standard InChI is InChI=1S/C10H13BrCl2S/c1-6(2)3-4-8(11)7-5-9(12)14-10(7)13/h5-6,8H,3-4H2,1-2H3. The summed E-state index contributed by atoms with van der Waals surface area (Å²) in [6.45, 7) is 4.45. The summed E-state index contributed by atoms with van der Waals surface area (Å²) >= 11 is 17.0. The molecule has 0 saturated carbocycles. The van der Waals surface area contributed by atoms with Crippen molar-refractivity contribution < 1.29 is 0 Å². The van der Waals surface area contributed by atoms with E-state index in [4.69, 9.17) is 23.2 Å². The van der Waals surface area contributed by atoms with Crippen LogP contribution in [0.15, 0.2) is 6.07 Å². The van der Waals surface area contributed by atoms with Crippen molar-refractivity contribution >= 4 is 50.5 Å². The molecule has 1 aromatic rings. The van der Waals surface area contributed by atoms with Crippen LogP contribution in [0, 0.1) is 5.92 Å². The van der Waals surface area contributed by atoms with Crippen molar-refractivity contribution in [1.29, 1.82) is 0 Å². The van der Waals surface area contributed by atoms with Gasteiger partial charge in [-0.3, -0.25) is 0 Å². The van der Waals surface area contributed by atoms with Crippen molar-refractivity contribution in [3.05, 3.63) is 20.3 Å². The third-order valence-electron chi connectivity index (χ3n) is 2.02. The maximum absolute atomic E-state index is 6.06. The van der Waals surface area contributed by atoms with Crippen LogP contribution in [-0.2, 0) is 0 Å². The molecule has 80 valence electrons. The van der Waals surface area contributed by atoms with Gasteiger partial charge < -0.3 is 0 Å². The second-order valence-corrected chi connectivity index (χ2v) is 7.11. The highest BCUT2D eigenvalue weighted by Crippen LogP contribution is 2.40. The minimum absolute atomic E-state index is 0.334. The molecule has 1 unspecified atom stereocenters. The van der Waals surface area contributed by atoms with Gasteiger partial charge in [0.2, 0.25) is 0 Å². The quantitative estimate of drug-likeness (QED) is 0.604. The average Bonchev–Trinajstić information content (AvgIpc) is 2.41. The lowest BCUT2D eigenvalue weighted by atomic mass is 10.0. The average molecular weight is 316 g/mol. The van der Waals surface area contributed by atoms with Crippen LogP contribution >= 0.6 is 50.5 Å². The third-order valence-corrected chi connectivity index (χ3v) is 4.49. The molecule has 0 saturated heterocycles. The predicted molar refractivity (Wildman–Crippen MR) is 70.1 cm³/mol. The Morgan fingerprint density at radius 1 is 1.36 bits per heavy atom.